The summed E-state index contributed by atoms with van der Waals surface area (Å²) >= 11 is 6.15. The largest absolute Gasteiger partial charge is 0.507 e. The number of anilines is 1. The standard InChI is InChI=1S/C38H32ClN5O4/c1-43-22-25(36(42-43)32-20-26(39)14-17-35(32)45)13-10-24-11-15-27(16-12-24)41-37(46)34-21-40-18-19-44(34)38(47)48-23-33-30-8-4-2-6-28(30)29-7-3-5-9-31(29)33/h2-9,11-12,14-17,20,22,33-34,40,45H,18-19,21,23H2,1H3,(H,41,46)/t34-/m0/s1. The van der Waals surface area contributed by atoms with Gasteiger partial charge < -0.3 is 20.5 Å². The van der Waals surface area contributed by atoms with Crippen molar-refractivity contribution in [2.45, 2.75) is 12.0 Å². The molecule has 2 heterocycles. The fourth-order valence-electron chi connectivity index (χ4n) is 6.31. The summed E-state index contributed by atoms with van der Waals surface area (Å²) in [6.07, 6.45) is 1.27. The van der Waals surface area contributed by atoms with Gasteiger partial charge in [-0.2, -0.15) is 5.10 Å². The molecule has 1 atom stereocenters. The molecule has 9 nitrogen and oxygen atoms in total. The number of aryl methyl sites for hydroxylation is 1. The summed E-state index contributed by atoms with van der Waals surface area (Å²) in [7, 11) is 1.78. The second kappa shape index (κ2) is 13.3. The Morgan fingerprint density at radius 2 is 1.69 bits per heavy atom. The van der Waals surface area contributed by atoms with Gasteiger partial charge in [-0.25, -0.2) is 4.79 Å². The minimum atomic E-state index is -0.735. The van der Waals surface area contributed by atoms with Gasteiger partial charge in [0.2, 0.25) is 5.91 Å². The van der Waals surface area contributed by atoms with Crippen LogP contribution < -0.4 is 10.6 Å². The summed E-state index contributed by atoms with van der Waals surface area (Å²) in [6, 6.07) is 27.6. The lowest BCUT2D eigenvalue weighted by Gasteiger charge is -2.34. The van der Waals surface area contributed by atoms with E-state index in [4.69, 9.17) is 16.3 Å². The van der Waals surface area contributed by atoms with Gasteiger partial charge in [-0.1, -0.05) is 72.0 Å². The summed E-state index contributed by atoms with van der Waals surface area (Å²) < 4.78 is 7.51. The number of piperazine rings is 1. The van der Waals surface area contributed by atoms with Gasteiger partial charge in [0, 0.05) is 60.6 Å². The summed E-state index contributed by atoms with van der Waals surface area (Å²) in [5.74, 6) is 5.94. The number of carbonyl (C=O) groups excluding carboxylic acids is 2. The lowest BCUT2D eigenvalue weighted by Crippen LogP contribution is -2.58. The van der Waals surface area contributed by atoms with E-state index in [1.807, 2.05) is 24.3 Å². The number of hydrogen-bond acceptors (Lipinski definition) is 6. The number of ether oxygens (including phenoxy) is 1. The second-order valence-corrected chi connectivity index (χ2v) is 12.2. The van der Waals surface area contributed by atoms with Crippen molar-refractivity contribution in [2.24, 2.45) is 7.05 Å². The van der Waals surface area contributed by atoms with Gasteiger partial charge in [0.25, 0.3) is 0 Å². The zero-order chi connectivity index (χ0) is 33.2. The average Bonchev–Trinajstić information content (AvgIpc) is 3.64. The molecule has 10 heteroatoms. The number of benzene rings is 4. The second-order valence-electron chi connectivity index (χ2n) is 11.8. The molecule has 2 aliphatic rings. The van der Waals surface area contributed by atoms with Crippen molar-refractivity contribution in [3.05, 3.63) is 124 Å². The van der Waals surface area contributed by atoms with Crippen molar-refractivity contribution in [2.75, 3.05) is 31.6 Å². The number of phenols is 1. The molecule has 3 N–H and O–H groups in total. The molecule has 0 radical (unpaired) electrons. The number of aromatic nitrogens is 2. The van der Waals surface area contributed by atoms with Crippen LogP contribution in [0.1, 0.15) is 28.2 Å². The van der Waals surface area contributed by atoms with Crippen LogP contribution in [0.4, 0.5) is 10.5 Å². The fraction of sp³-hybridized carbons (Fsp3) is 0.184. The maximum absolute atomic E-state index is 13.4. The predicted octanol–water partition coefficient (Wildman–Crippen LogP) is 6.01. The number of amides is 2. The molecule has 240 valence electrons. The number of nitrogens with zero attached hydrogens (tertiary/aromatic N) is 3. The monoisotopic (exact) mass is 657 g/mol. The molecule has 1 fully saturated rings. The van der Waals surface area contributed by atoms with Crippen LogP contribution in [0.2, 0.25) is 5.02 Å². The lowest BCUT2D eigenvalue weighted by atomic mass is 9.98. The van der Waals surface area contributed by atoms with Gasteiger partial charge in [-0.05, 0) is 64.7 Å². The fourth-order valence-corrected chi connectivity index (χ4v) is 6.48. The van der Waals surface area contributed by atoms with E-state index >= 15 is 0 Å². The SMILES string of the molecule is Cn1cc(C#Cc2ccc(NC(=O)[C@@H]3CNCCN3C(=O)OCC3c4ccccc4-c4ccccc43)cc2)c(-c2cc(Cl)ccc2O)n1. The molecule has 1 aliphatic heterocycles. The molecule has 7 rings (SSSR count). The molecule has 2 amide bonds. The number of halogens is 1. The maximum Gasteiger partial charge on any atom is 0.410 e. The van der Waals surface area contributed by atoms with E-state index in [1.54, 1.807) is 54.3 Å². The minimum absolute atomic E-state index is 0.0617. The Bertz CT molecular complexity index is 2040. The maximum atomic E-state index is 13.4. The van der Waals surface area contributed by atoms with Crippen molar-refractivity contribution >= 4 is 29.3 Å². The van der Waals surface area contributed by atoms with Crippen molar-refractivity contribution < 1.29 is 19.4 Å². The normalized spacial score (nSPS) is 15.2. The van der Waals surface area contributed by atoms with Gasteiger partial charge in [-0.15, -0.1) is 0 Å². The molecule has 0 spiro atoms. The Kier molecular flexibility index (Phi) is 8.59. The van der Waals surface area contributed by atoms with Crippen LogP contribution in [-0.2, 0) is 16.6 Å². The van der Waals surface area contributed by atoms with Crippen LogP contribution >= 0.6 is 11.6 Å². The Morgan fingerprint density at radius 1 is 0.979 bits per heavy atom. The van der Waals surface area contributed by atoms with Gasteiger partial charge in [-0.3, -0.25) is 14.4 Å². The third-order valence-corrected chi connectivity index (χ3v) is 8.89. The molecule has 1 aliphatic carbocycles. The van der Waals surface area contributed by atoms with Gasteiger partial charge in [0.15, 0.2) is 0 Å². The Labute approximate surface area is 283 Å². The van der Waals surface area contributed by atoms with Gasteiger partial charge in [0.1, 0.15) is 24.1 Å². The van der Waals surface area contributed by atoms with Gasteiger partial charge >= 0.3 is 6.09 Å². The number of rotatable bonds is 5. The Hall–Kier alpha value is -5.56. The predicted molar refractivity (Wildman–Crippen MR) is 185 cm³/mol. The van der Waals surface area contributed by atoms with Crippen LogP contribution in [0, 0.1) is 11.8 Å². The van der Waals surface area contributed by atoms with E-state index in [0.29, 0.717) is 47.2 Å². The molecule has 4 aromatic carbocycles. The van der Waals surface area contributed by atoms with E-state index in [-0.39, 0.29) is 24.2 Å². The number of aromatic hydroxyl groups is 1. The van der Waals surface area contributed by atoms with E-state index in [9.17, 15) is 14.7 Å². The number of carbonyl (C=O) groups is 2. The molecule has 1 aromatic heterocycles. The van der Waals surface area contributed by atoms with Crippen molar-refractivity contribution in [3.8, 4) is 40.0 Å². The van der Waals surface area contributed by atoms with Crippen LogP contribution in [-0.4, -0.2) is 64.1 Å². The summed E-state index contributed by atoms with van der Waals surface area (Å²) in [6.45, 7) is 1.42. The highest BCUT2D eigenvalue weighted by Gasteiger charge is 2.35. The Morgan fingerprint density at radius 3 is 2.42 bits per heavy atom. The van der Waals surface area contributed by atoms with Crippen molar-refractivity contribution in [1.82, 2.24) is 20.0 Å². The smallest absolute Gasteiger partial charge is 0.410 e. The molecular formula is C38H32ClN5O4. The minimum Gasteiger partial charge on any atom is -0.507 e. The highest BCUT2D eigenvalue weighted by Crippen LogP contribution is 2.44. The number of hydrogen-bond donors (Lipinski definition) is 3. The molecule has 0 bridgehead atoms. The topological polar surface area (TPSA) is 109 Å². The summed E-state index contributed by atoms with van der Waals surface area (Å²) in [5.41, 5.74) is 7.53. The highest BCUT2D eigenvalue weighted by atomic mass is 35.5. The summed E-state index contributed by atoms with van der Waals surface area (Å²) in [5, 5.41) is 21.5. The number of nitrogens with one attached hydrogen (secondary N) is 2. The van der Waals surface area contributed by atoms with E-state index in [2.05, 4.69) is 51.8 Å². The van der Waals surface area contributed by atoms with Crippen molar-refractivity contribution in [1.29, 1.82) is 0 Å². The van der Waals surface area contributed by atoms with Crippen molar-refractivity contribution in [3.63, 3.8) is 0 Å². The molecule has 1 saturated heterocycles. The van der Waals surface area contributed by atoms with E-state index in [1.165, 1.54) is 11.0 Å². The van der Waals surface area contributed by atoms with Crippen LogP contribution in [0.25, 0.3) is 22.4 Å². The molecule has 5 aromatic rings. The third-order valence-electron chi connectivity index (χ3n) is 8.65. The third kappa shape index (κ3) is 6.24. The Balaban J connectivity index is 1.01. The lowest BCUT2D eigenvalue weighted by molar-refractivity contribution is -0.121. The summed E-state index contributed by atoms with van der Waals surface area (Å²) in [4.78, 5) is 28.3. The first-order valence-corrected chi connectivity index (χ1v) is 16.0. The quantitative estimate of drug-likeness (QED) is 0.200. The van der Waals surface area contributed by atoms with Crippen LogP contribution in [0.5, 0.6) is 5.75 Å². The van der Waals surface area contributed by atoms with E-state index in [0.717, 1.165) is 27.8 Å². The molecular weight excluding hydrogens is 626 g/mol. The zero-order valence-electron chi connectivity index (χ0n) is 26.1. The van der Waals surface area contributed by atoms with Crippen LogP contribution in [0.3, 0.4) is 0 Å². The molecule has 0 saturated carbocycles. The van der Waals surface area contributed by atoms with E-state index < -0.39 is 12.1 Å². The first-order chi connectivity index (χ1) is 23.4. The number of fused-ring (bicyclic) bond motifs is 3. The van der Waals surface area contributed by atoms with Gasteiger partial charge in [0.05, 0.1) is 5.56 Å². The van der Waals surface area contributed by atoms with Crippen LogP contribution in [0.15, 0.2) is 97.2 Å². The molecule has 0 unspecified atom stereocenters. The average molecular weight is 658 g/mol. The first-order valence-electron chi connectivity index (χ1n) is 15.6. The molecule has 48 heavy (non-hydrogen) atoms. The number of phenolic OH excluding ortho intramolecular Hbond substituents is 1. The first kappa shape index (κ1) is 31.1. The highest BCUT2D eigenvalue weighted by molar-refractivity contribution is 6.31. The zero-order valence-corrected chi connectivity index (χ0v) is 26.9.